The van der Waals surface area contributed by atoms with Crippen molar-refractivity contribution in [1.82, 2.24) is 4.57 Å². The molecule has 73 heavy (non-hydrogen) atoms. The fourth-order valence-corrected chi connectivity index (χ4v) is 13.2. The van der Waals surface area contributed by atoms with Crippen LogP contribution in [0.25, 0.3) is 71.6 Å². The molecule has 1 aromatic heterocycles. The van der Waals surface area contributed by atoms with Crippen molar-refractivity contribution in [2.75, 3.05) is 4.90 Å². The van der Waals surface area contributed by atoms with Gasteiger partial charge < -0.3 is 9.47 Å². The van der Waals surface area contributed by atoms with E-state index in [9.17, 15) is 0 Å². The van der Waals surface area contributed by atoms with Gasteiger partial charge in [0.05, 0.1) is 27.8 Å². The van der Waals surface area contributed by atoms with Gasteiger partial charge in [0.2, 0.25) is 0 Å². The van der Waals surface area contributed by atoms with E-state index >= 15 is 0 Å². The molecule has 1 fully saturated rings. The van der Waals surface area contributed by atoms with Crippen molar-refractivity contribution in [3.05, 3.63) is 289 Å². The first-order valence-electron chi connectivity index (χ1n) is 26.2. The standard InChI is InChI=1S/C71H54N2/c1-5-24-49(25-6-1)56-39-20-26-50-27-21-41-59(68(50)56)58-36-14-17-44-64(58)73(55-35-19-28-51(48-55)57-40-22-46-66-69(57)61-38-15-18-45-65(61)72(66)54-33-11-4-12-34-54)67-47-23-43-63-70(67)60-37-13-16-42-62(60)71(63,52-29-7-2-8-30-52)53-31-9-3-10-32-53/h2-4,7-23,26-49H,1,5-6,24-25H2. The first kappa shape index (κ1) is 43.1. The summed E-state index contributed by atoms with van der Waals surface area (Å²) in [6.45, 7) is 0. The summed E-state index contributed by atoms with van der Waals surface area (Å²) in [4.78, 5) is 2.59. The smallest absolute Gasteiger partial charge is 0.0714 e. The van der Waals surface area contributed by atoms with E-state index < -0.39 is 5.41 Å². The summed E-state index contributed by atoms with van der Waals surface area (Å²) in [7, 11) is 0. The van der Waals surface area contributed by atoms with E-state index in [1.165, 1.54) is 126 Å². The molecule has 0 bridgehead atoms. The van der Waals surface area contributed by atoms with Crippen LogP contribution in [0.4, 0.5) is 17.1 Å². The number of para-hydroxylation sites is 3. The molecule has 0 saturated heterocycles. The first-order valence-corrected chi connectivity index (χ1v) is 26.2. The number of fused-ring (bicyclic) bond motifs is 7. The maximum absolute atomic E-state index is 2.59. The van der Waals surface area contributed by atoms with Crippen LogP contribution in [0.3, 0.4) is 0 Å². The third kappa shape index (κ3) is 6.85. The van der Waals surface area contributed by atoms with Gasteiger partial charge in [0, 0.05) is 33.3 Å². The quantitative estimate of drug-likeness (QED) is 0.140. The molecule has 11 aromatic carbocycles. The Balaban J connectivity index is 1.06. The van der Waals surface area contributed by atoms with Crippen LogP contribution in [0.2, 0.25) is 0 Å². The van der Waals surface area contributed by atoms with Crippen LogP contribution in [-0.4, -0.2) is 4.57 Å². The highest BCUT2D eigenvalue weighted by atomic mass is 15.1. The average molecular weight is 935 g/mol. The molecule has 0 amide bonds. The zero-order valence-corrected chi connectivity index (χ0v) is 40.8. The topological polar surface area (TPSA) is 8.17 Å². The van der Waals surface area contributed by atoms with Gasteiger partial charge in [0.1, 0.15) is 0 Å². The van der Waals surface area contributed by atoms with Gasteiger partial charge in [-0.2, -0.15) is 0 Å². The molecule has 12 aromatic rings. The summed E-state index contributed by atoms with van der Waals surface area (Å²) in [6, 6.07) is 97.6. The van der Waals surface area contributed by atoms with Crippen LogP contribution >= 0.6 is 0 Å². The van der Waals surface area contributed by atoms with Gasteiger partial charge in [-0.3, -0.25) is 0 Å². The molecule has 2 heteroatoms. The van der Waals surface area contributed by atoms with Crippen molar-refractivity contribution < 1.29 is 0 Å². The van der Waals surface area contributed by atoms with Crippen LogP contribution < -0.4 is 4.90 Å². The Morgan fingerprint density at radius 2 is 0.973 bits per heavy atom. The molecule has 0 aliphatic heterocycles. The third-order valence-electron chi connectivity index (χ3n) is 16.2. The minimum absolute atomic E-state index is 0.548. The summed E-state index contributed by atoms with van der Waals surface area (Å²) in [5, 5.41) is 5.18. The molecule has 1 saturated carbocycles. The molecule has 348 valence electrons. The summed E-state index contributed by atoms with van der Waals surface area (Å²) >= 11 is 0. The van der Waals surface area contributed by atoms with E-state index in [1.54, 1.807) is 0 Å². The number of rotatable bonds is 9. The second kappa shape index (κ2) is 17.8. The number of hydrogen-bond acceptors (Lipinski definition) is 1. The van der Waals surface area contributed by atoms with E-state index in [2.05, 4.69) is 270 Å². The molecule has 2 aliphatic rings. The Morgan fingerprint density at radius 1 is 0.397 bits per heavy atom. The number of anilines is 3. The molecular weight excluding hydrogens is 881 g/mol. The van der Waals surface area contributed by atoms with Gasteiger partial charge in [-0.25, -0.2) is 0 Å². The van der Waals surface area contributed by atoms with E-state index in [4.69, 9.17) is 0 Å². The largest absolute Gasteiger partial charge is 0.309 e. The maximum atomic E-state index is 2.59. The normalized spacial score (nSPS) is 14.1. The summed E-state index contributed by atoms with van der Waals surface area (Å²) in [5.41, 5.74) is 20.4. The molecule has 2 nitrogen and oxygen atoms in total. The van der Waals surface area contributed by atoms with Crippen LogP contribution in [-0.2, 0) is 5.41 Å². The van der Waals surface area contributed by atoms with Gasteiger partial charge in [0.15, 0.2) is 0 Å². The van der Waals surface area contributed by atoms with Crippen molar-refractivity contribution in [1.29, 1.82) is 0 Å². The molecule has 0 radical (unpaired) electrons. The zero-order chi connectivity index (χ0) is 48.3. The Kier molecular flexibility index (Phi) is 10.5. The maximum Gasteiger partial charge on any atom is 0.0714 e. The molecule has 2 aliphatic carbocycles. The summed E-state index contributed by atoms with van der Waals surface area (Å²) < 4.78 is 2.42. The summed E-state index contributed by atoms with van der Waals surface area (Å²) in [5.74, 6) is 0.548. The highest BCUT2D eigenvalue weighted by Crippen LogP contribution is 2.60. The van der Waals surface area contributed by atoms with Gasteiger partial charge in [-0.05, 0) is 128 Å². The Labute approximate surface area is 428 Å². The molecule has 0 unspecified atom stereocenters. The molecule has 1 heterocycles. The van der Waals surface area contributed by atoms with E-state index in [0.717, 1.165) is 22.7 Å². The van der Waals surface area contributed by atoms with Crippen LogP contribution in [0.5, 0.6) is 0 Å². The fourth-order valence-electron chi connectivity index (χ4n) is 13.2. The summed E-state index contributed by atoms with van der Waals surface area (Å²) in [6.07, 6.45) is 6.39. The van der Waals surface area contributed by atoms with Gasteiger partial charge in [-0.15, -0.1) is 0 Å². The lowest BCUT2D eigenvalue weighted by Gasteiger charge is -2.34. The Hall–Kier alpha value is -8.72. The lowest BCUT2D eigenvalue weighted by Crippen LogP contribution is -2.28. The minimum atomic E-state index is -0.551. The van der Waals surface area contributed by atoms with Gasteiger partial charge in [0.25, 0.3) is 0 Å². The second-order valence-corrected chi connectivity index (χ2v) is 20.1. The van der Waals surface area contributed by atoms with E-state index in [-0.39, 0.29) is 0 Å². The van der Waals surface area contributed by atoms with Gasteiger partial charge in [-0.1, -0.05) is 232 Å². The Morgan fingerprint density at radius 3 is 1.77 bits per heavy atom. The van der Waals surface area contributed by atoms with Crippen molar-refractivity contribution >= 4 is 49.6 Å². The molecule has 0 N–H and O–H groups in total. The lowest BCUT2D eigenvalue weighted by molar-refractivity contribution is 0.445. The van der Waals surface area contributed by atoms with Crippen LogP contribution in [0.1, 0.15) is 65.8 Å². The minimum Gasteiger partial charge on any atom is -0.309 e. The SMILES string of the molecule is c1ccc(-n2c3ccccc3c3c(-c4cccc(N(c5ccccc5-c5cccc6cccc(C7CCCCC7)c56)c5cccc6c5-c5ccccc5C6(c5ccccc5)c5ccccc5)c4)cccc32)cc1. The number of hydrogen-bond donors (Lipinski definition) is 0. The molecule has 14 rings (SSSR count). The predicted molar refractivity (Wildman–Crippen MR) is 307 cm³/mol. The van der Waals surface area contributed by atoms with E-state index in [0.29, 0.717) is 5.92 Å². The molecule has 0 spiro atoms. The third-order valence-corrected chi connectivity index (χ3v) is 16.2. The average Bonchev–Trinajstić information content (AvgIpc) is 3.98. The fraction of sp³-hybridized carbons (Fsp3) is 0.0986. The zero-order valence-electron chi connectivity index (χ0n) is 40.8. The predicted octanol–water partition coefficient (Wildman–Crippen LogP) is 19.2. The molecular formula is C71H54N2. The lowest BCUT2D eigenvalue weighted by atomic mass is 9.68. The van der Waals surface area contributed by atoms with Crippen molar-refractivity contribution in [2.24, 2.45) is 0 Å². The number of nitrogens with zero attached hydrogens (tertiary/aromatic N) is 2. The monoisotopic (exact) mass is 934 g/mol. The molecule has 0 atom stereocenters. The van der Waals surface area contributed by atoms with Crippen LogP contribution in [0, 0.1) is 0 Å². The second-order valence-electron chi connectivity index (χ2n) is 20.1. The highest BCUT2D eigenvalue weighted by molar-refractivity contribution is 6.16. The van der Waals surface area contributed by atoms with Crippen molar-refractivity contribution in [2.45, 2.75) is 43.4 Å². The van der Waals surface area contributed by atoms with Crippen LogP contribution in [0.15, 0.2) is 261 Å². The number of aromatic nitrogens is 1. The van der Waals surface area contributed by atoms with E-state index in [1.807, 2.05) is 0 Å². The number of benzene rings is 11. The van der Waals surface area contributed by atoms with Crippen molar-refractivity contribution in [3.63, 3.8) is 0 Å². The Bertz CT molecular complexity index is 3970. The first-order chi connectivity index (χ1) is 36.3. The van der Waals surface area contributed by atoms with Gasteiger partial charge >= 0.3 is 0 Å². The van der Waals surface area contributed by atoms with Crippen molar-refractivity contribution in [3.8, 4) is 39.1 Å². The highest BCUT2D eigenvalue weighted by Gasteiger charge is 2.47.